The highest BCUT2D eigenvalue weighted by Crippen LogP contribution is 2.35. The monoisotopic (exact) mass is 389 g/mol. The molecular formula is C28H23NO. The van der Waals surface area contributed by atoms with E-state index in [1.807, 2.05) is 18.2 Å². The summed E-state index contributed by atoms with van der Waals surface area (Å²) in [5.41, 5.74) is 7.79. The van der Waals surface area contributed by atoms with Gasteiger partial charge in [-0.15, -0.1) is 0 Å². The number of nitrogens with zero attached hydrogens (tertiary/aromatic N) is 1. The largest absolute Gasteiger partial charge is 0.311 e. The van der Waals surface area contributed by atoms with Crippen LogP contribution in [-0.4, -0.2) is 5.78 Å². The van der Waals surface area contributed by atoms with Crippen LogP contribution in [0.3, 0.4) is 0 Å². The van der Waals surface area contributed by atoms with Crippen LogP contribution < -0.4 is 4.90 Å². The van der Waals surface area contributed by atoms with Gasteiger partial charge in [-0.25, -0.2) is 0 Å². The predicted octanol–water partition coefficient (Wildman–Crippen LogP) is 7.34. The standard InChI is InChI=1S/C28H23NO/c30-28-13-7-8-23-20-22(16-19-27(23)28)21-14-17-26(18-15-21)29(24-9-3-1-4-10-24)25-11-5-2-6-12-25/h1-6,9-12,14-20H,7-8,13H2. The number of hydrogen-bond acceptors (Lipinski definition) is 2. The number of carbonyl (C=O) groups is 1. The van der Waals surface area contributed by atoms with Gasteiger partial charge in [0.1, 0.15) is 0 Å². The molecule has 0 fully saturated rings. The third kappa shape index (κ3) is 3.53. The molecule has 0 saturated carbocycles. The van der Waals surface area contributed by atoms with Gasteiger partial charge in [0.05, 0.1) is 0 Å². The van der Waals surface area contributed by atoms with Crippen molar-refractivity contribution in [1.29, 1.82) is 0 Å². The summed E-state index contributed by atoms with van der Waals surface area (Å²) in [6, 6.07) is 35.8. The number of hydrogen-bond donors (Lipinski definition) is 0. The maximum Gasteiger partial charge on any atom is 0.163 e. The summed E-state index contributed by atoms with van der Waals surface area (Å²) in [7, 11) is 0. The minimum atomic E-state index is 0.277. The third-order valence-corrected chi connectivity index (χ3v) is 5.74. The maximum absolute atomic E-state index is 12.1. The maximum atomic E-state index is 12.1. The molecule has 0 heterocycles. The van der Waals surface area contributed by atoms with Crippen molar-refractivity contribution in [3.63, 3.8) is 0 Å². The number of ketones is 1. The first-order chi connectivity index (χ1) is 14.8. The number of para-hydroxylation sites is 2. The molecule has 0 aliphatic heterocycles. The van der Waals surface area contributed by atoms with Crippen LogP contribution in [0, 0.1) is 0 Å². The lowest BCUT2D eigenvalue weighted by atomic mass is 9.88. The first-order valence-corrected chi connectivity index (χ1v) is 10.5. The van der Waals surface area contributed by atoms with Crippen LogP contribution in [0.2, 0.25) is 0 Å². The molecule has 4 aromatic rings. The summed E-state index contributed by atoms with van der Waals surface area (Å²) >= 11 is 0. The van der Waals surface area contributed by atoms with Gasteiger partial charge in [-0.1, -0.05) is 66.7 Å². The number of Topliss-reactive ketones (excluding diaryl/α,β-unsaturated/α-hetero) is 1. The van der Waals surface area contributed by atoms with Crippen molar-refractivity contribution in [3.05, 3.63) is 114 Å². The molecule has 2 nitrogen and oxygen atoms in total. The number of carbonyl (C=O) groups excluding carboxylic acids is 1. The highest BCUT2D eigenvalue weighted by Gasteiger charge is 2.17. The minimum absolute atomic E-state index is 0.277. The summed E-state index contributed by atoms with van der Waals surface area (Å²) in [6.07, 6.45) is 2.62. The molecule has 0 radical (unpaired) electrons. The van der Waals surface area contributed by atoms with E-state index in [0.29, 0.717) is 6.42 Å². The molecule has 0 saturated heterocycles. The summed E-state index contributed by atoms with van der Waals surface area (Å²) in [6.45, 7) is 0. The van der Waals surface area contributed by atoms with Gasteiger partial charge in [-0.2, -0.15) is 0 Å². The Balaban J connectivity index is 1.51. The van der Waals surface area contributed by atoms with E-state index in [4.69, 9.17) is 0 Å². The Labute approximate surface area is 177 Å². The molecule has 0 unspecified atom stereocenters. The molecule has 0 spiro atoms. The van der Waals surface area contributed by atoms with Gasteiger partial charge in [-0.05, 0) is 65.9 Å². The molecule has 4 aromatic carbocycles. The molecule has 0 aromatic heterocycles. The van der Waals surface area contributed by atoms with E-state index in [0.717, 1.165) is 35.5 Å². The van der Waals surface area contributed by atoms with Crippen LogP contribution in [0.4, 0.5) is 17.1 Å². The number of fused-ring (bicyclic) bond motifs is 1. The van der Waals surface area contributed by atoms with Gasteiger partial charge >= 0.3 is 0 Å². The van der Waals surface area contributed by atoms with E-state index in [-0.39, 0.29) is 5.78 Å². The van der Waals surface area contributed by atoms with Crippen LogP contribution in [0.1, 0.15) is 28.8 Å². The first kappa shape index (κ1) is 18.4. The van der Waals surface area contributed by atoms with Crippen LogP contribution in [0.5, 0.6) is 0 Å². The molecule has 1 aliphatic rings. The second-order valence-corrected chi connectivity index (χ2v) is 7.70. The van der Waals surface area contributed by atoms with Crippen LogP contribution in [-0.2, 0) is 6.42 Å². The van der Waals surface area contributed by atoms with E-state index in [2.05, 4.69) is 89.8 Å². The van der Waals surface area contributed by atoms with Gasteiger partial charge in [-0.3, -0.25) is 4.79 Å². The van der Waals surface area contributed by atoms with Gasteiger partial charge in [0.15, 0.2) is 5.78 Å². The smallest absolute Gasteiger partial charge is 0.163 e. The van der Waals surface area contributed by atoms with E-state index in [9.17, 15) is 4.79 Å². The molecule has 146 valence electrons. The Bertz CT molecular complexity index is 1120. The summed E-state index contributed by atoms with van der Waals surface area (Å²) in [5, 5.41) is 0. The zero-order chi connectivity index (χ0) is 20.3. The molecule has 0 N–H and O–H groups in total. The average molecular weight is 389 g/mol. The Morgan fingerprint density at radius 1 is 0.567 bits per heavy atom. The van der Waals surface area contributed by atoms with Crippen molar-refractivity contribution in [2.45, 2.75) is 19.3 Å². The van der Waals surface area contributed by atoms with Crippen molar-refractivity contribution < 1.29 is 4.79 Å². The molecule has 1 aliphatic carbocycles. The second-order valence-electron chi connectivity index (χ2n) is 7.70. The van der Waals surface area contributed by atoms with Crippen LogP contribution >= 0.6 is 0 Å². The molecule has 30 heavy (non-hydrogen) atoms. The summed E-state index contributed by atoms with van der Waals surface area (Å²) < 4.78 is 0. The predicted molar refractivity (Wildman–Crippen MR) is 124 cm³/mol. The average Bonchev–Trinajstić information content (AvgIpc) is 2.81. The fraction of sp³-hybridized carbons (Fsp3) is 0.107. The summed E-state index contributed by atoms with van der Waals surface area (Å²) in [4.78, 5) is 14.4. The van der Waals surface area contributed by atoms with Crippen molar-refractivity contribution in [2.24, 2.45) is 0 Å². The zero-order valence-corrected chi connectivity index (χ0v) is 16.8. The van der Waals surface area contributed by atoms with Gasteiger partial charge in [0.2, 0.25) is 0 Å². The normalized spacial score (nSPS) is 13.0. The SMILES string of the molecule is O=C1CCCc2cc(-c3ccc(N(c4ccccc4)c4ccccc4)cc3)ccc21. The van der Waals surface area contributed by atoms with E-state index < -0.39 is 0 Å². The van der Waals surface area contributed by atoms with E-state index in [1.54, 1.807) is 0 Å². The third-order valence-electron chi connectivity index (χ3n) is 5.74. The van der Waals surface area contributed by atoms with Crippen LogP contribution in [0.15, 0.2) is 103 Å². The zero-order valence-electron chi connectivity index (χ0n) is 16.8. The second kappa shape index (κ2) is 8.00. The van der Waals surface area contributed by atoms with Crippen molar-refractivity contribution in [2.75, 3.05) is 4.90 Å². The van der Waals surface area contributed by atoms with Crippen molar-refractivity contribution in [1.82, 2.24) is 0 Å². The number of aryl methyl sites for hydroxylation is 1. The topological polar surface area (TPSA) is 20.3 Å². The number of benzene rings is 4. The molecular weight excluding hydrogens is 366 g/mol. The summed E-state index contributed by atoms with van der Waals surface area (Å²) in [5.74, 6) is 0.277. The number of rotatable bonds is 4. The lowest BCUT2D eigenvalue weighted by Gasteiger charge is -2.25. The Morgan fingerprint density at radius 2 is 1.13 bits per heavy atom. The Morgan fingerprint density at radius 3 is 1.77 bits per heavy atom. The highest BCUT2D eigenvalue weighted by atomic mass is 16.1. The van der Waals surface area contributed by atoms with Gasteiger partial charge in [0.25, 0.3) is 0 Å². The molecule has 0 atom stereocenters. The lowest BCUT2D eigenvalue weighted by Crippen LogP contribution is -2.10. The Kier molecular flexibility index (Phi) is 4.90. The fourth-order valence-corrected chi connectivity index (χ4v) is 4.23. The molecule has 0 amide bonds. The number of anilines is 3. The quantitative estimate of drug-likeness (QED) is 0.364. The fourth-order valence-electron chi connectivity index (χ4n) is 4.23. The minimum Gasteiger partial charge on any atom is -0.311 e. The van der Waals surface area contributed by atoms with Crippen molar-refractivity contribution >= 4 is 22.8 Å². The lowest BCUT2D eigenvalue weighted by molar-refractivity contribution is 0.0972. The molecule has 2 heteroatoms. The van der Waals surface area contributed by atoms with E-state index in [1.165, 1.54) is 16.7 Å². The Hall–Kier alpha value is -3.65. The first-order valence-electron chi connectivity index (χ1n) is 10.5. The highest BCUT2D eigenvalue weighted by molar-refractivity contribution is 5.99. The van der Waals surface area contributed by atoms with Crippen LogP contribution in [0.25, 0.3) is 11.1 Å². The van der Waals surface area contributed by atoms with Crippen molar-refractivity contribution in [3.8, 4) is 11.1 Å². The van der Waals surface area contributed by atoms with Gasteiger partial charge in [0, 0.05) is 29.0 Å². The van der Waals surface area contributed by atoms with E-state index >= 15 is 0 Å². The molecule has 5 rings (SSSR count). The molecule has 0 bridgehead atoms. The van der Waals surface area contributed by atoms with Gasteiger partial charge < -0.3 is 4.90 Å².